The Bertz CT molecular complexity index is 1090. The van der Waals surface area contributed by atoms with Crippen molar-refractivity contribution >= 4 is 51.5 Å². The van der Waals surface area contributed by atoms with Crippen LogP contribution in [-0.4, -0.2) is 46.1 Å². The van der Waals surface area contributed by atoms with Crippen LogP contribution in [0.3, 0.4) is 0 Å². The van der Waals surface area contributed by atoms with E-state index in [2.05, 4.69) is 15.5 Å². The second-order valence-corrected chi connectivity index (χ2v) is 9.16. The molecule has 10 heteroatoms. The van der Waals surface area contributed by atoms with Crippen LogP contribution in [0.25, 0.3) is 10.6 Å². The van der Waals surface area contributed by atoms with Crippen molar-refractivity contribution < 1.29 is 14.3 Å². The van der Waals surface area contributed by atoms with E-state index in [9.17, 15) is 9.59 Å². The van der Waals surface area contributed by atoms with E-state index in [0.29, 0.717) is 25.9 Å². The fourth-order valence-corrected chi connectivity index (χ4v) is 4.06. The third-order valence-corrected chi connectivity index (χ3v) is 6.32. The van der Waals surface area contributed by atoms with Crippen LogP contribution in [0.5, 0.6) is 5.75 Å². The number of hydrogen-bond donors (Lipinski definition) is 1. The molecule has 0 bridgehead atoms. The molecule has 0 radical (unpaired) electrons. The predicted octanol–water partition coefficient (Wildman–Crippen LogP) is 5.55. The summed E-state index contributed by atoms with van der Waals surface area (Å²) in [6, 6.07) is 14.0. The molecule has 2 aromatic carbocycles. The van der Waals surface area contributed by atoms with Crippen molar-refractivity contribution in [2.45, 2.75) is 32.7 Å². The molecule has 0 aliphatic heterocycles. The summed E-state index contributed by atoms with van der Waals surface area (Å²) in [6.07, 6.45) is 0.886. The summed E-state index contributed by atoms with van der Waals surface area (Å²) in [5.74, 6) is 0.121. The fraction of sp³-hybridized carbons (Fsp3) is 0.304. The summed E-state index contributed by atoms with van der Waals surface area (Å²) in [6.45, 7) is 4.08. The van der Waals surface area contributed by atoms with E-state index in [4.69, 9.17) is 27.9 Å². The van der Waals surface area contributed by atoms with Crippen molar-refractivity contribution in [1.29, 1.82) is 0 Å². The molecule has 0 saturated heterocycles. The van der Waals surface area contributed by atoms with E-state index in [1.54, 1.807) is 41.3 Å². The number of ether oxygens (including phenoxy) is 1. The number of nitrogens with one attached hydrogen (secondary N) is 1. The number of amides is 2. The van der Waals surface area contributed by atoms with Gasteiger partial charge in [0.2, 0.25) is 11.0 Å². The summed E-state index contributed by atoms with van der Waals surface area (Å²) < 4.78 is 5.58. The minimum atomic E-state index is -0.247. The molecule has 0 saturated carbocycles. The SMILES string of the molecule is CC[C@@H](C)N(CCC(=O)Nc1nnc(-c2cccc(Cl)c2)s1)C(=O)COc1ccc(Cl)cc1. The Morgan fingerprint density at radius 1 is 1.12 bits per heavy atom. The number of anilines is 1. The van der Waals surface area contributed by atoms with Gasteiger partial charge in [0.05, 0.1) is 0 Å². The lowest BCUT2D eigenvalue weighted by atomic mass is 10.2. The predicted molar refractivity (Wildman–Crippen MR) is 132 cm³/mol. The fourth-order valence-electron chi connectivity index (χ4n) is 2.99. The molecule has 0 unspecified atom stereocenters. The number of benzene rings is 2. The first-order chi connectivity index (χ1) is 15.9. The molecule has 3 aromatic rings. The summed E-state index contributed by atoms with van der Waals surface area (Å²) in [5, 5.41) is 13.1. The average molecular weight is 507 g/mol. The highest BCUT2D eigenvalue weighted by atomic mass is 35.5. The Balaban J connectivity index is 1.54. The van der Waals surface area contributed by atoms with Crippen molar-refractivity contribution in [2.75, 3.05) is 18.5 Å². The van der Waals surface area contributed by atoms with Crippen molar-refractivity contribution in [3.63, 3.8) is 0 Å². The van der Waals surface area contributed by atoms with E-state index >= 15 is 0 Å². The zero-order valence-corrected chi connectivity index (χ0v) is 20.6. The number of rotatable bonds is 10. The normalized spacial score (nSPS) is 11.6. The van der Waals surface area contributed by atoms with Gasteiger partial charge in [0.15, 0.2) is 6.61 Å². The van der Waals surface area contributed by atoms with Gasteiger partial charge < -0.3 is 15.0 Å². The largest absolute Gasteiger partial charge is 0.484 e. The van der Waals surface area contributed by atoms with Gasteiger partial charge in [-0.3, -0.25) is 9.59 Å². The maximum Gasteiger partial charge on any atom is 0.260 e. The number of halogens is 2. The smallest absolute Gasteiger partial charge is 0.260 e. The first-order valence-corrected chi connectivity index (χ1v) is 12.0. The third kappa shape index (κ3) is 7.42. The van der Waals surface area contributed by atoms with E-state index in [1.165, 1.54) is 11.3 Å². The lowest BCUT2D eigenvalue weighted by Gasteiger charge is -2.28. The lowest BCUT2D eigenvalue weighted by molar-refractivity contribution is -0.135. The molecule has 7 nitrogen and oxygen atoms in total. The summed E-state index contributed by atoms with van der Waals surface area (Å²) in [5.41, 5.74) is 0.828. The highest BCUT2D eigenvalue weighted by Crippen LogP contribution is 2.28. The lowest BCUT2D eigenvalue weighted by Crippen LogP contribution is -2.42. The molecule has 1 aromatic heterocycles. The number of carbonyl (C=O) groups excluding carboxylic acids is 2. The van der Waals surface area contributed by atoms with Crippen molar-refractivity contribution in [3.8, 4) is 16.3 Å². The zero-order valence-electron chi connectivity index (χ0n) is 18.3. The first kappa shape index (κ1) is 25.0. The molecule has 1 atom stereocenters. The molecular weight excluding hydrogens is 483 g/mol. The number of aromatic nitrogens is 2. The van der Waals surface area contributed by atoms with Crippen molar-refractivity contribution in [2.24, 2.45) is 0 Å². The zero-order chi connectivity index (χ0) is 23.8. The summed E-state index contributed by atoms with van der Waals surface area (Å²) in [7, 11) is 0. The summed E-state index contributed by atoms with van der Waals surface area (Å²) >= 11 is 13.2. The van der Waals surface area contributed by atoms with Crippen LogP contribution in [0.2, 0.25) is 10.0 Å². The maximum atomic E-state index is 12.8. The van der Waals surface area contributed by atoms with Gasteiger partial charge in [0.1, 0.15) is 10.8 Å². The van der Waals surface area contributed by atoms with Crippen LogP contribution < -0.4 is 10.1 Å². The molecule has 174 valence electrons. The van der Waals surface area contributed by atoms with Crippen molar-refractivity contribution in [1.82, 2.24) is 15.1 Å². The monoisotopic (exact) mass is 506 g/mol. The number of carbonyl (C=O) groups is 2. The van der Waals surface area contributed by atoms with Crippen LogP contribution in [0, 0.1) is 0 Å². The minimum Gasteiger partial charge on any atom is -0.484 e. The Morgan fingerprint density at radius 3 is 2.58 bits per heavy atom. The van der Waals surface area contributed by atoms with E-state index in [1.807, 2.05) is 26.0 Å². The molecule has 0 fully saturated rings. The van der Waals surface area contributed by atoms with Gasteiger partial charge in [-0.25, -0.2) is 0 Å². The second kappa shape index (κ2) is 12.0. The van der Waals surface area contributed by atoms with Gasteiger partial charge in [-0.2, -0.15) is 0 Å². The molecule has 33 heavy (non-hydrogen) atoms. The molecule has 1 heterocycles. The van der Waals surface area contributed by atoms with E-state index in [0.717, 1.165) is 12.0 Å². The van der Waals surface area contributed by atoms with Gasteiger partial charge in [0.25, 0.3) is 5.91 Å². The molecule has 2 amide bonds. The third-order valence-electron chi connectivity index (χ3n) is 4.94. The van der Waals surface area contributed by atoms with Gasteiger partial charge in [-0.15, -0.1) is 10.2 Å². The summed E-state index contributed by atoms with van der Waals surface area (Å²) in [4.78, 5) is 26.9. The quantitative estimate of drug-likeness (QED) is 0.389. The Morgan fingerprint density at radius 2 is 1.88 bits per heavy atom. The van der Waals surface area contributed by atoms with Gasteiger partial charge >= 0.3 is 0 Å². The van der Waals surface area contributed by atoms with Crippen LogP contribution in [0.4, 0.5) is 5.13 Å². The maximum absolute atomic E-state index is 12.8. The van der Waals surface area contributed by atoms with Crippen LogP contribution >= 0.6 is 34.5 Å². The first-order valence-electron chi connectivity index (χ1n) is 10.4. The molecule has 3 rings (SSSR count). The topological polar surface area (TPSA) is 84.4 Å². The van der Waals surface area contributed by atoms with Gasteiger partial charge in [0, 0.05) is 34.6 Å². The Labute approximate surface area is 206 Å². The minimum absolute atomic E-state index is 0.0323. The van der Waals surface area contributed by atoms with E-state index in [-0.39, 0.29) is 37.4 Å². The molecule has 0 aliphatic carbocycles. The highest BCUT2D eigenvalue weighted by Gasteiger charge is 2.21. The highest BCUT2D eigenvalue weighted by molar-refractivity contribution is 7.18. The van der Waals surface area contributed by atoms with Crippen molar-refractivity contribution in [3.05, 3.63) is 58.6 Å². The Hall–Kier alpha value is -2.68. The molecule has 0 spiro atoms. The second-order valence-electron chi connectivity index (χ2n) is 7.31. The molecular formula is C23H24Cl2N4O3S. The van der Waals surface area contributed by atoms with E-state index < -0.39 is 0 Å². The number of hydrogen-bond acceptors (Lipinski definition) is 6. The van der Waals surface area contributed by atoms with Crippen LogP contribution in [-0.2, 0) is 9.59 Å². The van der Waals surface area contributed by atoms with Gasteiger partial charge in [-0.05, 0) is 49.7 Å². The van der Waals surface area contributed by atoms with Gasteiger partial charge in [-0.1, -0.05) is 53.6 Å². The standard InChI is InChI=1S/C23H24Cl2N4O3S/c1-3-15(2)29(21(31)14-32-19-9-7-17(24)8-10-19)12-11-20(30)26-23-28-27-22(33-23)16-5-4-6-18(25)13-16/h4-10,13,15H,3,11-12,14H2,1-2H3,(H,26,28,30)/t15-/m1/s1. The Kier molecular flexibility index (Phi) is 9.05. The van der Waals surface area contributed by atoms with Crippen LogP contribution in [0.1, 0.15) is 26.7 Å². The molecule has 1 N–H and O–H groups in total. The number of nitrogens with zero attached hydrogens (tertiary/aromatic N) is 3. The average Bonchev–Trinajstić information content (AvgIpc) is 3.27. The molecule has 0 aliphatic rings. The van der Waals surface area contributed by atoms with Crippen LogP contribution in [0.15, 0.2) is 48.5 Å².